The summed E-state index contributed by atoms with van der Waals surface area (Å²) in [7, 11) is -1.24. The number of nitrogens with zero attached hydrogens (tertiary/aromatic N) is 3. The molecule has 8 nitrogen and oxygen atoms in total. The fraction of sp³-hybridized carbons (Fsp3) is 0.692. The van der Waals surface area contributed by atoms with E-state index in [-0.39, 0.29) is 10.9 Å². The van der Waals surface area contributed by atoms with Crippen LogP contribution in [-0.2, 0) is 24.1 Å². The van der Waals surface area contributed by atoms with Gasteiger partial charge in [0.1, 0.15) is 0 Å². The fourth-order valence-electron chi connectivity index (χ4n) is 2.85. The Hall–Kier alpha value is -1.45. The maximum absolute atomic E-state index is 12.9. The molecule has 1 aliphatic rings. The molecule has 0 radical (unpaired) electrons. The summed E-state index contributed by atoms with van der Waals surface area (Å²) in [6.07, 6.45) is 4.11. The first-order valence-corrected chi connectivity index (χ1v) is 8.73. The second-order valence-corrected chi connectivity index (χ2v) is 7.45. The second kappa shape index (κ2) is 6.35. The molecule has 9 heteroatoms. The molecule has 2 N–H and O–H groups in total. The van der Waals surface area contributed by atoms with E-state index in [2.05, 4.69) is 0 Å². The highest BCUT2D eigenvalue weighted by Crippen LogP contribution is 2.25. The summed E-state index contributed by atoms with van der Waals surface area (Å²) in [5, 5.41) is 0. The Morgan fingerprint density at radius 3 is 2.59 bits per heavy atom. The molecule has 22 heavy (non-hydrogen) atoms. The van der Waals surface area contributed by atoms with Gasteiger partial charge in [-0.05, 0) is 25.8 Å². The number of rotatable bonds is 4. The minimum absolute atomic E-state index is 0.189. The zero-order chi connectivity index (χ0) is 16.5. The lowest BCUT2D eigenvalue weighted by Gasteiger charge is -2.34. The minimum atomic E-state index is -3.94. The fourth-order valence-corrected chi connectivity index (χ4v) is 4.72. The molecular weight excluding hydrogens is 308 g/mol. The van der Waals surface area contributed by atoms with Gasteiger partial charge in [0.25, 0.3) is 5.56 Å². The first-order valence-electron chi connectivity index (χ1n) is 7.29. The number of piperidine rings is 1. The lowest BCUT2D eigenvalue weighted by atomic mass is 10.0. The van der Waals surface area contributed by atoms with Crippen LogP contribution >= 0.6 is 0 Å². The summed E-state index contributed by atoms with van der Waals surface area (Å²) in [4.78, 5) is 23.6. The van der Waals surface area contributed by atoms with Gasteiger partial charge in [-0.15, -0.1) is 0 Å². The highest BCUT2D eigenvalue weighted by Gasteiger charge is 2.35. The monoisotopic (exact) mass is 330 g/mol. The molecule has 1 fully saturated rings. The summed E-state index contributed by atoms with van der Waals surface area (Å²) in [6.45, 7) is 0.765. The van der Waals surface area contributed by atoms with Gasteiger partial charge in [0.15, 0.2) is 4.90 Å². The van der Waals surface area contributed by atoms with E-state index in [0.29, 0.717) is 19.5 Å². The van der Waals surface area contributed by atoms with E-state index >= 15 is 0 Å². The van der Waals surface area contributed by atoms with Crippen LogP contribution in [0.4, 0.5) is 0 Å². The van der Waals surface area contributed by atoms with Gasteiger partial charge >= 0.3 is 5.69 Å². The minimum Gasteiger partial charge on any atom is -0.330 e. The van der Waals surface area contributed by atoms with Gasteiger partial charge in [-0.3, -0.25) is 9.36 Å². The molecule has 1 saturated heterocycles. The van der Waals surface area contributed by atoms with Crippen molar-refractivity contribution in [3.05, 3.63) is 27.0 Å². The summed E-state index contributed by atoms with van der Waals surface area (Å²) in [6, 6.07) is -0.189. The third-order valence-electron chi connectivity index (χ3n) is 4.07. The van der Waals surface area contributed by atoms with Crippen LogP contribution in [-0.4, -0.2) is 41.0 Å². The average Bonchev–Trinajstić information content (AvgIpc) is 2.49. The van der Waals surface area contributed by atoms with E-state index in [1.807, 2.05) is 0 Å². The van der Waals surface area contributed by atoms with Crippen LogP contribution in [0, 0.1) is 0 Å². The van der Waals surface area contributed by atoms with Gasteiger partial charge in [0, 0.05) is 32.9 Å². The third-order valence-corrected chi connectivity index (χ3v) is 6.01. The molecule has 1 aromatic heterocycles. The van der Waals surface area contributed by atoms with Gasteiger partial charge in [-0.1, -0.05) is 6.42 Å². The Labute approximate surface area is 129 Å². The molecule has 0 aromatic carbocycles. The topological polar surface area (TPSA) is 107 Å². The molecule has 0 amide bonds. The Balaban J connectivity index is 2.55. The van der Waals surface area contributed by atoms with Crippen molar-refractivity contribution in [1.82, 2.24) is 13.4 Å². The maximum Gasteiger partial charge on any atom is 0.330 e. The number of hydrogen-bond donors (Lipinski definition) is 1. The molecule has 1 unspecified atom stereocenters. The lowest BCUT2D eigenvalue weighted by molar-refractivity contribution is 0.243. The predicted molar refractivity (Wildman–Crippen MR) is 82.1 cm³/mol. The zero-order valence-corrected chi connectivity index (χ0v) is 13.7. The number of sulfonamides is 1. The van der Waals surface area contributed by atoms with Gasteiger partial charge in [0.05, 0.1) is 0 Å². The van der Waals surface area contributed by atoms with E-state index in [4.69, 9.17) is 5.73 Å². The Bertz CT molecular complexity index is 763. The van der Waals surface area contributed by atoms with Crippen LogP contribution in [0.3, 0.4) is 0 Å². The van der Waals surface area contributed by atoms with Crippen molar-refractivity contribution in [3.8, 4) is 0 Å². The standard InChI is InChI=1S/C13H22N4O4S/c1-15-9-11(12(18)16(2)13(15)19)22(20,21)17-8-4-3-5-10(17)6-7-14/h9-10H,3-8,14H2,1-2H3. The molecule has 2 heterocycles. The van der Waals surface area contributed by atoms with Crippen molar-refractivity contribution in [2.45, 2.75) is 36.6 Å². The lowest BCUT2D eigenvalue weighted by Crippen LogP contribution is -2.48. The summed E-state index contributed by atoms with van der Waals surface area (Å²) >= 11 is 0. The van der Waals surface area contributed by atoms with Crippen LogP contribution in [0.15, 0.2) is 20.7 Å². The van der Waals surface area contributed by atoms with Crippen molar-refractivity contribution in [3.63, 3.8) is 0 Å². The predicted octanol–water partition coefficient (Wildman–Crippen LogP) is -1.02. The highest BCUT2D eigenvalue weighted by molar-refractivity contribution is 7.89. The first kappa shape index (κ1) is 16.9. The normalized spacial score (nSPS) is 20.2. The van der Waals surface area contributed by atoms with Gasteiger partial charge in [-0.25, -0.2) is 13.2 Å². The van der Waals surface area contributed by atoms with E-state index in [0.717, 1.165) is 34.6 Å². The van der Waals surface area contributed by atoms with Crippen molar-refractivity contribution in [2.75, 3.05) is 13.1 Å². The van der Waals surface area contributed by atoms with E-state index in [1.54, 1.807) is 0 Å². The molecule has 1 aromatic rings. The van der Waals surface area contributed by atoms with E-state index in [1.165, 1.54) is 18.4 Å². The zero-order valence-electron chi connectivity index (χ0n) is 12.9. The van der Waals surface area contributed by atoms with Crippen LogP contribution in [0.1, 0.15) is 25.7 Å². The molecule has 124 valence electrons. The van der Waals surface area contributed by atoms with Gasteiger partial charge < -0.3 is 10.3 Å². The van der Waals surface area contributed by atoms with E-state index in [9.17, 15) is 18.0 Å². The Kier molecular flexibility index (Phi) is 4.88. The largest absolute Gasteiger partial charge is 0.330 e. The molecule has 1 aliphatic heterocycles. The quantitative estimate of drug-likeness (QED) is 0.760. The summed E-state index contributed by atoms with van der Waals surface area (Å²) in [5.41, 5.74) is 4.22. The number of nitrogens with two attached hydrogens (primary N) is 1. The molecule has 0 spiro atoms. The highest BCUT2D eigenvalue weighted by atomic mass is 32.2. The Morgan fingerprint density at radius 2 is 1.95 bits per heavy atom. The summed E-state index contributed by atoms with van der Waals surface area (Å²) in [5.74, 6) is 0. The molecule has 0 bridgehead atoms. The van der Waals surface area contributed by atoms with Crippen molar-refractivity contribution < 1.29 is 8.42 Å². The average molecular weight is 330 g/mol. The van der Waals surface area contributed by atoms with Crippen LogP contribution in [0.2, 0.25) is 0 Å². The van der Waals surface area contributed by atoms with Gasteiger partial charge in [0.2, 0.25) is 10.0 Å². The number of aryl methyl sites for hydroxylation is 1. The number of hydrogen-bond acceptors (Lipinski definition) is 5. The number of aromatic nitrogens is 2. The SMILES string of the molecule is Cn1cc(S(=O)(=O)N2CCCCC2CCN)c(=O)n(C)c1=O. The first-order chi connectivity index (χ1) is 10.3. The van der Waals surface area contributed by atoms with Crippen LogP contribution in [0.25, 0.3) is 0 Å². The van der Waals surface area contributed by atoms with Crippen LogP contribution in [0.5, 0.6) is 0 Å². The smallest absolute Gasteiger partial charge is 0.330 e. The maximum atomic E-state index is 12.9. The Morgan fingerprint density at radius 1 is 1.27 bits per heavy atom. The molecule has 0 saturated carbocycles. The molecule has 0 aliphatic carbocycles. The molecule has 1 atom stereocenters. The summed E-state index contributed by atoms with van der Waals surface area (Å²) < 4.78 is 29.0. The molecular formula is C13H22N4O4S. The third kappa shape index (κ3) is 2.88. The van der Waals surface area contributed by atoms with Gasteiger partial charge in [-0.2, -0.15) is 4.31 Å². The van der Waals surface area contributed by atoms with E-state index < -0.39 is 21.3 Å². The van der Waals surface area contributed by atoms with Crippen molar-refractivity contribution in [2.24, 2.45) is 19.8 Å². The molecule has 2 rings (SSSR count). The van der Waals surface area contributed by atoms with Crippen LogP contribution < -0.4 is 17.0 Å². The van der Waals surface area contributed by atoms with Crippen molar-refractivity contribution >= 4 is 10.0 Å². The second-order valence-electron chi connectivity index (χ2n) is 5.59. The van der Waals surface area contributed by atoms with Crippen molar-refractivity contribution in [1.29, 1.82) is 0 Å².